The Hall–Kier alpha value is -1.72. The van der Waals surface area contributed by atoms with E-state index in [2.05, 4.69) is 10.3 Å². The Morgan fingerprint density at radius 1 is 1.33 bits per heavy atom. The van der Waals surface area contributed by atoms with Crippen molar-refractivity contribution >= 4 is 0 Å². The molecule has 1 aromatic heterocycles. The maximum Gasteiger partial charge on any atom is 0.103 e. The summed E-state index contributed by atoms with van der Waals surface area (Å²) >= 11 is 0. The van der Waals surface area contributed by atoms with E-state index in [0.717, 1.165) is 11.3 Å². The first-order valence-electron chi connectivity index (χ1n) is 6.00. The summed E-state index contributed by atoms with van der Waals surface area (Å²) in [5.41, 5.74) is 8.20. The molecule has 0 saturated carbocycles. The highest BCUT2D eigenvalue weighted by Crippen LogP contribution is 2.29. The molecule has 0 amide bonds. The Labute approximate surface area is 107 Å². The normalized spacial score (nSPS) is 14.4. The fourth-order valence-electron chi connectivity index (χ4n) is 1.98. The van der Waals surface area contributed by atoms with Gasteiger partial charge in [-0.1, -0.05) is 35.5 Å². The van der Waals surface area contributed by atoms with E-state index in [0.29, 0.717) is 6.61 Å². The molecule has 0 aliphatic rings. The molecule has 0 spiro atoms. The second-order valence-electron chi connectivity index (χ2n) is 4.09. The average Bonchev–Trinajstić information content (AvgIpc) is 2.82. The zero-order valence-corrected chi connectivity index (χ0v) is 10.7. The van der Waals surface area contributed by atoms with E-state index in [-0.39, 0.29) is 12.1 Å². The van der Waals surface area contributed by atoms with Crippen LogP contribution in [0, 0.1) is 0 Å². The van der Waals surface area contributed by atoms with Gasteiger partial charge in [0, 0.05) is 13.7 Å². The van der Waals surface area contributed by atoms with Crippen LogP contribution in [0.5, 0.6) is 0 Å². The summed E-state index contributed by atoms with van der Waals surface area (Å²) < 4.78 is 7.45. The van der Waals surface area contributed by atoms with Crippen LogP contribution in [0.2, 0.25) is 0 Å². The summed E-state index contributed by atoms with van der Waals surface area (Å²) in [6.45, 7) is 2.57. The molecule has 0 bridgehead atoms. The van der Waals surface area contributed by atoms with Crippen molar-refractivity contribution in [2.45, 2.75) is 19.1 Å². The lowest BCUT2D eigenvalue weighted by molar-refractivity contribution is 0.0411. The topological polar surface area (TPSA) is 66.0 Å². The van der Waals surface area contributed by atoms with E-state index in [1.165, 1.54) is 0 Å². The number of nitrogens with zero attached hydrogens (tertiary/aromatic N) is 3. The molecule has 0 aliphatic heterocycles. The maximum atomic E-state index is 6.28. The number of nitrogens with two attached hydrogens (primary N) is 1. The Kier molecular flexibility index (Phi) is 4.07. The van der Waals surface area contributed by atoms with Gasteiger partial charge >= 0.3 is 0 Å². The highest BCUT2D eigenvalue weighted by Gasteiger charge is 2.24. The van der Waals surface area contributed by atoms with Crippen molar-refractivity contribution in [3.63, 3.8) is 0 Å². The third-order valence-corrected chi connectivity index (χ3v) is 2.89. The molecule has 96 valence electrons. The molecule has 2 aromatic rings. The lowest BCUT2D eigenvalue weighted by Gasteiger charge is -2.23. The Morgan fingerprint density at radius 3 is 2.61 bits per heavy atom. The van der Waals surface area contributed by atoms with Gasteiger partial charge in [0.1, 0.15) is 6.10 Å². The molecule has 2 rings (SSSR count). The summed E-state index contributed by atoms with van der Waals surface area (Å²) in [5, 5.41) is 7.76. The number of hydrogen-bond donors (Lipinski definition) is 1. The van der Waals surface area contributed by atoms with Crippen molar-refractivity contribution in [1.29, 1.82) is 0 Å². The summed E-state index contributed by atoms with van der Waals surface area (Å²) in [4.78, 5) is 0. The van der Waals surface area contributed by atoms with Crippen LogP contribution >= 0.6 is 0 Å². The number of rotatable bonds is 5. The monoisotopic (exact) mass is 246 g/mol. The van der Waals surface area contributed by atoms with Crippen LogP contribution in [0.25, 0.3) is 0 Å². The number of aryl methyl sites for hydroxylation is 1. The first-order chi connectivity index (χ1) is 8.74. The van der Waals surface area contributed by atoms with E-state index in [9.17, 15) is 0 Å². The number of ether oxygens (including phenoxy) is 1. The smallest absolute Gasteiger partial charge is 0.103 e. The lowest BCUT2D eigenvalue weighted by atomic mass is 10.0. The predicted molar refractivity (Wildman–Crippen MR) is 68.7 cm³/mol. The zero-order valence-electron chi connectivity index (χ0n) is 10.7. The molecular weight excluding hydrogens is 228 g/mol. The molecule has 2 atom stereocenters. The fourth-order valence-corrected chi connectivity index (χ4v) is 1.98. The standard InChI is InChI=1S/C13H18N4O/c1-3-18-13(10-7-5-4-6-8-10)12(14)11-9-15-16-17(11)2/h4-9,12-13H,3,14H2,1-2H3. The Bertz CT molecular complexity index is 483. The van der Waals surface area contributed by atoms with Crippen molar-refractivity contribution in [3.8, 4) is 0 Å². The van der Waals surface area contributed by atoms with Gasteiger partial charge < -0.3 is 10.5 Å². The predicted octanol–water partition coefficient (Wildman–Crippen LogP) is 1.59. The number of benzene rings is 1. The molecular formula is C13H18N4O. The van der Waals surface area contributed by atoms with Gasteiger partial charge in [-0.15, -0.1) is 5.10 Å². The van der Waals surface area contributed by atoms with Gasteiger partial charge in [0.15, 0.2) is 0 Å². The minimum absolute atomic E-state index is 0.187. The van der Waals surface area contributed by atoms with Crippen LogP contribution in [0.3, 0.4) is 0 Å². The number of aromatic nitrogens is 3. The Balaban J connectivity index is 2.28. The van der Waals surface area contributed by atoms with E-state index in [1.807, 2.05) is 44.3 Å². The first-order valence-corrected chi connectivity index (χ1v) is 6.00. The van der Waals surface area contributed by atoms with Crippen molar-refractivity contribution < 1.29 is 4.74 Å². The van der Waals surface area contributed by atoms with Gasteiger partial charge in [-0.25, -0.2) is 0 Å². The largest absolute Gasteiger partial charge is 0.372 e. The van der Waals surface area contributed by atoms with E-state index in [1.54, 1.807) is 10.9 Å². The summed E-state index contributed by atoms with van der Waals surface area (Å²) in [6, 6.07) is 9.69. The van der Waals surface area contributed by atoms with Crippen LogP contribution in [0.15, 0.2) is 36.5 Å². The van der Waals surface area contributed by atoms with Gasteiger partial charge in [-0.05, 0) is 12.5 Å². The second kappa shape index (κ2) is 5.75. The van der Waals surface area contributed by atoms with Crippen LogP contribution in [0.4, 0.5) is 0 Å². The van der Waals surface area contributed by atoms with Gasteiger partial charge in [0.2, 0.25) is 0 Å². The Morgan fingerprint density at radius 2 is 2.06 bits per heavy atom. The maximum absolute atomic E-state index is 6.28. The second-order valence-corrected chi connectivity index (χ2v) is 4.09. The minimum atomic E-state index is -0.285. The summed E-state index contributed by atoms with van der Waals surface area (Å²) in [6.07, 6.45) is 1.49. The molecule has 0 saturated heterocycles. The molecule has 2 N–H and O–H groups in total. The minimum Gasteiger partial charge on any atom is -0.372 e. The molecule has 5 heteroatoms. The molecule has 0 radical (unpaired) electrons. The lowest BCUT2D eigenvalue weighted by Crippen LogP contribution is -2.24. The van der Waals surface area contributed by atoms with E-state index >= 15 is 0 Å². The van der Waals surface area contributed by atoms with E-state index < -0.39 is 0 Å². The third-order valence-electron chi connectivity index (χ3n) is 2.89. The van der Waals surface area contributed by atoms with Crippen molar-refractivity contribution in [3.05, 3.63) is 47.8 Å². The quantitative estimate of drug-likeness (QED) is 0.870. The van der Waals surface area contributed by atoms with Crippen molar-refractivity contribution in [2.24, 2.45) is 12.8 Å². The summed E-state index contributed by atoms with van der Waals surface area (Å²) in [7, 11) is 1.83. The van der Waals surface area contributed by atoms with Crippen LogP contribution in [-0.2, 0) is 11.8 Å². The molecule has 5 nitrogen and oxygen atoms in total. The van der Waals surface area contributed by atoms with Crippen LogP contribution in [-0.4, -0.2) is 21.6 Å². The van der Waals surface area contributed by atoms with Crippen LogP contribution < -0.4 is 5.73 Å². The first kappa shape index (κ1) is 12.7. The van der Waals surface area contributed by atoms with Gasteiger partial charge in [-0.3, -0.25) is 4.68 Å². The number of hydrogen-bond acceptors (Lipinski definition) is 4. The molecule has 2 unspecified atom stereocenters. The highest BCUT2D eigenvalue weighted by molar-refractivity contribution is 5.21. The fraction of sp³-hybridized carbons (Fsp3) is 0.385. The SMILES string of the molecule is CCOC(c1ccccc1)C(N)c1cnnn1C. The molecule has 1 heterocycles. The van der Waals surface area contributed by atoms with E-state index in [4.69, 9.17) is 10.5 Å². The molecule has 0 fully saturated rings. The molecule has 1 aromatic carbocycles. The van der Waals surface area contributed by atoms with Gasteiger partial charge in [-0.2, -0.15) is 0 Å². The molecule has 0 aliphatic carbocycles. The van der Waals surface area contributed by atoms with Gasteiger partial charge in [0.05, 0.1) is 17.9 Å². The zero-order chi connectivity index (χ0) is 13.0. The highest BCUT2D eigenvalue weighted by atomic mass is 16.5. The van der Waals surface area contributed by atoms with Gasteiger partial charge in [0.25, 0.3) is 0 Å². The average molecular weight is 246 g/mol. The third kappa shape index (κ3) is 2.57. The summed E-state index contributed by atoms with van der Waals surface area (Å²) in [5.74, 6) is 0. The van der Waals surface area contributed by atoms with Crippen molar-refractivity contribution in [2.75, 3.05) is 6.61 Å². The molecule has 18 heavy (non-hydrogen) atoms. The van der Waals surface area contributed by atoms with Crippen LogP contribution in [0.1, 0.15) is 30.3 Å². The van der Waals surface area contributed by atoms with Crippen molar-refractivity contribution in [1.82, 2.24) is 15.0 Å².